The first kappa shape index (κ1) is 20.7. The molecule has 1 fully saturated rings. The van der Waals surface area contributed by atoms with E-state index in [2.05, 4.69) is 17.2 Å². The number of carbonyl (C=O) groups is 1. The van der Waals surface area contributed by atoms with E-state index in [9.17, 15) is 18.0 Å². The highest BCUT2D eigenvalue weighted by molar-refractivity contribution is 5.89. The number of urea groups is 1. The minimum atomic E-state index is -4.22. The monoisotopic (exact) mass is 401 g/mol. The van der Waals surface area contributed by atoms with E-state index in [1.165, 1.54) is 4.90 Å². The van der Waals surface area contributed by atoms with Gasteiger partial charge in [0.15, 0.2) is 0 Å². The molecule has 0 spiro atoms. The Balaban J connectivity index is 1.59. The van der Waals surface area contributed by atoms with Crippen molar-refractivity contribution in [3.05, 3.63) is 65.7 Å². The van der Waals surface area contributed by atoms with Gasteiger partial charge in [-0.2, -0.15) is 13.2 Å². The minimum Gasteiger partial charge on any atom is -0.323 e. The van der Waals surface area contributed by atoms with Crippen molar-refractivity contribution in [1.29, 1.82) is 0 Å². The van der Waals surface area contributed by atoms with Gasteiger partial charge in [-0.15, -0.1) is 0 Å². The summed E-state index contributed by atoms with van der Waals surface area (Å²) in [4.78, 5) is 15.4. The van der Waals surface area contributed by atoms with Gasteiger partial charge in [-0.3, -0.25) is 4.90 Å². The molecule has 3 rings (SSSR count). The number of anilines is 1. The molecule has 0 atom stereocenters. The Morgan fingerprint density at radius 2 is 1.66 bits per heavy atom. The fourth-order valence-electron chi connectivity index (χ4n) is 3.13. The van der Waals surface area contributed by atoms with Crippen LogP contribution in [0.5, 0.6) is 0 Å². The van der Waals surface area contributed by atoms with Crippen LogP contribution in [0.25, 0.3) is 0 Å². The number of benzene rings is 2. The van der Waals surface area contributed by atoms with Gasteiger partial charge in [0.05, 0.1) is 6.54 Å². The molecule has 29 heavy (non-hydrogen) atoms. The maximum atomic E-state index is 12.6. The molecule has 152 valence electrons. The molecular weight excluding hydrogens is 379 g/mol. The summed E-state index contributed by atoms with van der Waals surface area (Å²) >= 11 is 0. The Labute approximate surface area is 168 Å². The first-order chi connectivity index (χ1) is 13.9. The third kappa shape index (κ3) is 6.84. The molecule has 0 aromatic heterocycles. The van der Waals surface area contributed by atoms with Crippen molar-refractivity contribution < 1.29 is 18.0 Å². The van der Waals surface area contributed by atoms with E-state index in [4.69, 9.17) is 0 Å². The third-order valence-electron chi connectivity index (χ3n) is 4.52. The molecule has 1 aliphatic heterocycles. The topological polar surface area (TPSA) is 35.6 Å². The molecule has 0 unspecified atom stereocenters. The summed E-state index contributed by atoms with van der Waals surface area (Å²) in [5.41, 5.74) is 2.26. The van der Waals surface area contributed by atoms with Crippen molar-refractivity contribution >= 4 is 11.7 Å². The van der Waals surface area contributed by atoms with Crippen molar-refractivity contribution in [2.75, 3.05) is 38.0 Å². The lowest BCUT2D eigenvalue weighted by Gasteiger charge is -2.23. The van der Waals surface area contributed by atoms with E-state index in [1.54, 1.807) is 23.1 Å². The Kier molecular flexibility index (Phi) is 6.78. The maximum Gasteiger partial charge on any atom is 0.401 e. The zero-order valence-electron chi connectivity index (χ0n) is 15.9. The summed E-state index contributed by atoms with van der Waals surface area (Å²) < 4.78 is 37.7. The normalized spacial score (nSPS) is 15.2. The smallest absolute Gasteiger partial charge is 0.323 e. The molecule has 1 saturated heterocycles. The molecule has 1 aliphatic rings. The molecule has 0 radical (unpaired) electrons. The van der Waals surface area contributed by atoms with E-state index in [-0.39, 0.29) is 19.1 Å². The fourth-order valence-corrected chi connectivity index (χ4v) is 3.13. The lowest BCUT2D eigenvalue weighted by molar-refractivity contribution is -0.145. The van der Waals surface area contributed by atoms with Crippen LogP contribution in [0, 0.1) is 11.8 Å². The second-order valence-corrected chi connectivity index (χ2v) is 6.86. The van der Waals surface area contributed by atoms with Crippen LogP contribution in [-0.4, -0.2) is 54.7 Å². The van der Waals surface area contributed by atoms with Crippen molar-refractivity contribution in [1.82, 2.24) is 9.80 Å². The largest absolute Gasteiger partial charge is 0.401 e. The van der Waals surface area contributed by atoms with Crippen molar-refractivity contribution in [2.24, 2.45) is 0 Å². The molecule has 7 heteroatoms. The van der Waals surface area contributed by atoms with E-state index in [0.717, 1.165) is 11.1 Å². The lowest BCUT2D eigenvalue weighted by Crippen LogP contribution is -2.40. The van der Waals surface area contributed by atoms with Crippen LogP contribution in [0.4, 0.5) is 23.7 Å². The van der Waals surface area contributed by atoms with Crippen LogP contribution < -0.4 is 5.32 Å². The standard InChI is InChI=1S/C22H22F3N3O/c23-22(24,25)17-27-12-5-13-28(15-14-27)21(29)26-20-9-4-8-19(16-20)11-10-18-6-2-1-3-7-18/h1-4,6-9,16H,5,12-15,17H2,(H,26,29). The predicted octanol–water partition coefficient (Wildman–Crippen LogP) is 4.19. The Bertz CT molecular complexity index is 887. The molecule has 2 aromatic carbocycles. The van der Waals surface area contributed by atoms with Gasteiger partial charge in [-0.25, -0.2) is 4.79 Å². The predicted molar refractivity (Wildman–Crippen MR) is 107 cm³/mol. The number of halogens is 3. The summed E-state index contributed by atoms with van der Waals surface area (Å²) in [6.07, 6.45) is -3.72. The van der Waals surface area contributed by atoms with Crippen LogP contribution in [-0.2, 0) is 0 Å². The average Bonchev–Trinajstić information content (AvgIpc) is 2.92. The van der Waals surface area contributed by atoms with Crippen LogP contribution in [0.2, 0.25) is 0 Å². The highest BCUT2D eigenvalue weighted by Gasteiger charge is 2.31. The summed E-state index contributed by atoms with van der Waals surface area (Å²) in [6, 6.07) is 16.5. The minimum absolute atomic E-state index is 0.204. The molecule has 0 bridgehead atoms. The summed E-state index contributed by atoms with van der Waals surface area (Å²) in [5, 5.41) is 2.82. The van der Waals surface area contributed by atoms with Gasteiger partial charge in [0, 0.05) is 43.0 Å². The maximum absolute atomic E-state index is 12.6. The first-order valence-electron chi connectivity index (χ1n) is 9.41. The van der Waals surface area contributed by atoms with E-state index >= 15 is 0 Å². The van der Waals surface area contributed by atoms with Gasteiger partial charge in [-0.05, 0) is 36.8 Å². The highest BCUT2D eigenvalue weighted by Crippen LogP contribution is 2.18. The van der Waals surface area contributed by atoms with Crippen LogP contribution in [0.15, 0.2) is 54.6 Å². The number of hydrogen-bond acceptors (Lipinski definition) is 2. The van der Waals surface area contributed by atoms with Gasteiger partial charge in [-0.1, -0.05) is 36.1 Å². The zero-order valence-corrected chi connectivity index (χ0v) is 15.9. The van der Waals surface area contributed by atoms with Crippen molar-refractivity contribution in [2.45, 2.75) is 12.6 Å². The number of nitrogens with zero attached hydrogens (tertiary/aromatic N) is 2. The second kappa shape index (κ2) is 9.48. The van der Waals surface area contributed by atoms with Gasteiger partial charge in [0.2, 0.25) is 0 Å². The molecule has 2 amide bonds. The van der Waals surface area contributed by atoms with E-state index in [1.807, 2.05) is 36.4 Å². The second-order valence-electron chi connectivity index (χ2n) is 6.86. The lowest BCUT2D eigenvalue weighted by atomic mass is 10.1. The zero-order chi connectivity index (χ0) is 20.7. The summed E-state index contributed by atoms with van der Waals surface area (Å²) in [6.45, 7) is 0.275. The molecule has 2 aromatic rings. The number of carbonyl (C=O) groups excluding carboxylic acids is 1. The molecule has 1 heterocycles. The Hall–Kier alpha value is -2.98. The number of amides is 2. The van der Waals surface area contributed by atoms with E-state index < -0.39 is 12.7 Å². The van der Waals surface area contributed by atoms with Gasteiger partial charge in [0.25, 0.3) is 0 Å². The third-order valence-corrected chi connectivity index (χ3v) is 4.52. The molecular formula is C22H22F3N3O. The van der Waals surface area contributed by atoms with Crippen LogP contribution in [0.1, 0.15) is 17.5 Å². The number of hydrogen-bond donors (Lipinski definition) is 1. The SMILES string of the molecule is O=C(Nc1cccc(C#Cc2ccccc2)c1)N1CCCN(CC(F)(F)F)CC1. The van der Waals surface area contributed by atoms with Gasteiger partial charge < -0.3 is 10.2 Å². The highest BCUT2D eigenvalue weighted by atomic mass is 19.4. The van der Waals surface area contributed by atoms with Crippen LogP contribution >= 0.6 is 0 Å². The summed E-state index contributed by atoms with van der Waals surface area (Å²) in [7, 11) is 0. The number of nitrogens with one attached hydrogen (secondary N) is 1. The summed E-state index contributed by atoms with van der Waals surface area (Å²) in [5.74, 6) is 6.13. The molecule has 4 nitrogen and oxygen atoms in total. The first-order valence-corrected chi connectivity index (χ1v) is 9.41. The molecule has 0 saturated carbocycles. The van der Waals surface area contributed by atoms with Crippen LogP contribution in [0.3, 0.4) is 0 Å². The fraction of sp³-hybridized carbons (Fsp3) is 0.318. The van der Waals surface area contributed by atoms with Gasteiger partial charge >= 0.3 is 12.2 Å². The molecule has 1 N–H and O–H groups in total. The molecule has 0 aliphatic carbocycles. The van der Waals surface area contributed by atoms with E-state index in [0.29, 0.717) is 25.2 Å². The Morgan fingerprint density at radius 3 is 2.41 bits per heavy atom. The van der Waals surface area contributed by atoms with Gasteiger partial charge in [0.1, 0.15) is 0 Å². The van der Waals surface area contributed by atoms with Crippen molar-refractivity contribution in [3.8, 4) is 11.8 Å². The average molecular weight is 401 g/mol. The quantitative estimate of drug-likeness (QED) is 0.766. The Morgan fingerprint density at radius 1 is 0.931 bits per heavy atom. The number of alkyl halides is 3. The number of rotatable bonds is 2. The van der Waals surface area contributed by atoms with Crippen molar-refractivity contribution in [3.63, 3.8) is 0 Å².